The number of aliphatic hydroxyl groups is 1. The predicted molar refractivity (Wildman–Crippen MR) is 156 cm³/mol. The van der Waals surface area contributed by atoms with Gasteiger partial charge in [-0.1, -0.05) is 35.9 Å². The number of halogens is 2. The summed E-state index contributed by atoms with van der Waals surface area (Å²) in [6, 6.07) is 19.0. The zero-order valence-corrected chi connectivity index (χ0v) is 22.4. The zero-order chi connectivity index (χ0) is 27.6. The fourth-order valence-electron chi connectivity index (χ4n) is 4.19. The molecule has 0 radical (unpaired) electrons. The van der Waals surface area contributed by atoms with Crippen molar-refractivity contribution in [1.82, 2.24) is 4.98 Å². The van der Waals surface area contributed by atoms with Gasteiger partial charge >= 0.3 is 35.5 Å². The molecule has 0 amide bonds. The minimum absolute atomic E-state index is 0. The number of hydrogen-bond acceptors (Lipinski definition) is 5. The molecule has 0 aliphatic heterocycles. The van der Waals surface area contributed by atoms with Gasteiger partial charge in [0.05, 0.1) is 11.1 Å². The quantitative estimate of drug-likeness (QED) is 0.0902. The molecule has 1 aliphatic rings. The van der Waals surface area contributed by atoms with E-state index in [9.17, 15) is 18.7 Å². The molecule has 1 fully saturated rings. The molecule has 4 aromatic rings. The van der Waals surface area contributed by atoms with Crippen LogP contribution >= 0.6 is 11.8 Å². The van der Waals surface area contributed by atoms with Gasteiger partial charge in [0, 0.05) is 28.3 Å². The summed E-state index contributed by atoms with van der Waals surface area (Å²) in [4.78, 5) is 17.1. The Labute approximate surface area is 258 Å². The Morgan fingerprint density at radius 1 is 1.02 bits per heavy atom. The maximum absolute atomic E-state index is 13.6. The molecule has 1 heterocycles. The maximum atomic E-state index is 13.6. The number of carbonyl (C=O) groups excluding carboxylic acids is 1. The Kier molecular flexibility index (Phi) is 9.71. The molecule has 40 heavy (non-hydrogen) atoms. The Hall–Kier alpha value is -2.73. The normalized spacial score (nSPS) is 12.8. The molecule has 3 aromatic carbocycles. The van der Waals surface area contributed by atoms with Crippen molar-refractivity contribution in [2.75, 3.05) is 5.94 Å². The summed E-state index contributed by atoms with van der Waals surface area (Å²) >= 11 is 1.39. The van der Waals surface area contributed by atoms with E-state index in [-0.39, 0.29) is 41.5 Å². The summed E-state index contributed by atoms with van der Waals surface area (Å²) < 4.78 is 32.5. The molecule has 8 heteroatoms. The van der Waals surface area contributed by atoms with Crippen LogP contribution in [0.15, 0.2) is 71.6 Å². The van der Waals surface area contributed by atoms with Crippen LogP contribution in [0.4, 0.5) is 8.78 Å². The number of benzene rings is 3. The average Bonchev–Trinajstić information content (AvgIpc) is 3.72. The fraction of sp³-hybridized carbons (Fsp3) is 0.250. The second kappa shape index (κ2) is 12.8. The summed E-state index contributed by atoms with van der Waals surface area (Å²) in [6.45, 7) is 3.46. The van der Waals surface area contributed by atoms with E-state index in [4.69, 9.17) is 4.74 Å². The Morgan fingerprint density at radius 3 is 2.52 bits per heavy atom. The number of carbonyl (C=O) groups is 1. The summed E-state index contributed by atoms with van der Waals surface area (Å²) in [7, 11) is 0. The number of esters is 1. The van der Waals surface area contributed by atoms with Gasteiger partial charge in [0.2, 0.25) is 0 Å². The SMILES string of the molecule is CC(C)(O)c1cc(-c2cccc(C#Cc3ccc4cc(F)c(F)cc4n3)c2)ccc1SCOC(=O)CC1CC1.[NaH]. The topological polar surface area (TPSA) is 59.4 Å². The van der Waals surface area contributed by atoms with Gasteiger partial charge in [0.15, 0.2) is 11.6 Å². The molecule has 0 saturated heterocycles. The average molecular weight is 568 g/mol. The summed E-state index contributed by atoms with van der Waals surface area (Å²) in [5, 5.41) is 11.4. The van der Waals surface area contributed by atoms with Crippen molar-refractivity contribution < 1.29 is 23.4 Å². The van der Waals surface area contributed by atoms with Crippen LogP contribution in [0.25, 0.3) is 22.0 Å². The second-order valence-corrected chi connectivity index (χ2v) is 11.1. The molecule has 1 aliphatic carbocycles. The number of pyridine rings is 1. The summed E-state index contributed by atoms with van der Waals surface area (Å²) in [5.41, 5.74) is 3.01. The van der Waals surface area contributed by atoms with Gasteiger partial charge in [-0.15, -0.1) is 0 Å². The van der Waals surface area contributed by atoms with Crippen molar-refractivity contribution in [1.29, 1.82) is 0 Å². The first-order valence-corrected chi connectivity index (χ1v) is 13.7. The van der Waals surface area contributed by atoms with Crippen LogP contribution in [0, 0.1) is 29.4 Å². The molecule has 0 atom stereocenters. The van der Waals surface area contributed by atoms with Crippen molar-refractivity contribution in [2.24, 2.45) is 5.92 Å². The van der Waals surface area contributed by atoms with E-state index in [1.807, 2.05) is 42.5 Å². The number of nitrogens with zero attached hydrogens (tertiary/aromatic N) is 1. The number of thioether (sulfide) groups is 1. The number of fused-ring (bicyclic) bond motifs is 1. The number of rotatable bonds is 7. The molecule has 0 bridgehead atoms. The van der Waals surface area contributed by atoms with Crippen LogP contribution in [0.2, 0.25) is 0 Å². The number of ether oxygens (including phenoxy) is 1. The van der Waals surface area contributed by atoms with Crippen molar-refractivity contribution in [3.8, 4) is 23.0 Å². The Balaban J connectivity index is 0.00000370. The standard InChI is InChI=1S/C32H27F2NO3S.Na.H/c1-32(2,37)26-16-23(10-13-30(26)39-19-38-31(36)15-21-6-7-21)22-5-3-4-20(14-22)8-11-25-12-9-24-17-27(33)28(34)18-29(24)35-25;;/h3-5,9-10,12-14,16-18,21,37H,6-7,15,19H2,1-2H3;;. The first-order chi connectivity index (χ1) is 18.7. The number of hydrogen-bond donors (Lipinski definition) is 1. The van der Waals surface area contributed by atoms with Gasteiger partial charge in [-0.05, 0) is 97.7 Å². The van der Waals surface area contributed by atoms with Crippen LogP contribution in [-0.4, -0.2) is 51.6 Å². The molecule has 4 nitrogen and oxygen atoms in total. The van der Waals surface area contributed by atoms with Gasteiger partial charge in [-0.2, -0.15) is 0 Å². The summed E-state index contributed by atoms with van der Waals surface area (Å²) in [6.07, 6.45) is 2.68. The molecular formula is C32H28F2NNaO3S. The fourth-order valence-corrected chi connectivity index (χ4v) is 5.13. The Morgan fingerprint density at radius 2 is 1.77 bits per heavy atom. The van der Waals surface area contributed by atoms with E-state index in [1.54, 1.807) is 26.0 Å². The van der Waals surface area contributed by atoms with E-state index in [0.29, 0.717) is 28.9 Å². The van der Waals surface area contributed by atoms with Crippen molar-refractivity contribution >= 4 is 58.2 Å². The second-order valence-electron chi connectivity index (χ2n) is 10.2. The van der Waals surface area contributed by atoms with Gasteiger partial charge in [0.1, 0.15) is 11.6 Å². The molecule has 1 N–H and O–H groups in total. The van der Waals surface area contributed by atoms with Gasteiger partial charge < -0.3 is 9.84 Å². The van der Waals surface area contributed by atoms with Gasteiger partial charge in [0.25, 0.3) is 0 Å². The van der Waals surface area contributed by atoms with Crippen LogP contribution in [0.3, 0.4) is 0 Å². The molecule has 1 saturated carbocycles. The third kappa shape index (κ3) is 7.72. The van der Waals surface area contributed by atoms with Crippen LogP contribution in [0.5, 0.6) is 0 Å². The molecule has 5 rings (SSSR count). The van der Waals surface area contributed by atoms with Crippen molar-refractivity contribution in [3.63, 3.8) is 0 Å². The molecule has 200 valence electrons. The first kappa shape index (κ1) is 30.2. The van der Waals surface area contributed by atoms with Crippen LogP contribution in [-0.2, 0) is 15.1 Å². The van der Waals surface area contributed by atoms with E-state index < -0.39 is 17.2 Å². The van der Waals surface area contributed by atoms with Gasteiger partial charge in [-0.3, -0.25) is 4.79 Å². The van der Waals surface area contributed by atoms with Crippen LogP contribution < -0.4 is 0 Å². The molecule has 0 unspecified atom stereocenters. The van der Waals surface area contributed by atoms with E-state index in [1.165, 1.54) is 11.8 Å². The number of aromatic nitrogens is 1. The monoisotopic (exact) mass is 567 g/mol. The molecular weight excluding hydrogens is 539 g/mol. The molecule has 1 aromatic heterocycles. The Bertz CT molecular complexity index is 1620. The van der Waals surface area contributed by atoms with Gasteiger partial charge in [-0.25, -0.2) is 13.8 Å². The third-order valence-electron chi connectivity index (χ3n) is 6.49. The van der Waals surface area contributed by atoms with Crippen LogP contribution in [0.1, 0.15) is 49.9 Å². The van der Waals surface area contributed by atoms with Crippen molar-refractivity contribution in [3.05, 3.63) is 95.2 Å². The van der Waals surface area contributed by atoms with E-state index in [2.05, 4.69) is 16.8 Å². The first-order valence-electron chi connectivity index (χ1n) is 12.7. The third-order valence-corrected chi connectivity index (χ3v) is 7.39. The minimum atomic E-state index is -1.10. The van der Waals surface area contributed by atoms with E-state index >= 15 is 0 Å². The van der Waals surface area contributed by atoms with Crippen molar-refractivity contribution in [2.45, 2.75) is 43.6 Å². The zero-order valence-electron chi connectivity index (χ0n) is 21.6. The molecule has 0 spiro atoms. The van der Waals surface area contributed by atoms with E-state index in [0.717, 1.165) is 52.1 Å². The predicted octanol–water partition coefficient (Wildman–Crippen LogP) is 6.55. The summed E-state index contributed by atoms with van der Waals surface area (Å²) in [5.74, 6) is 4.73.